The quantitative estimate of drug-likeness (QED) is 0.715. The molecule has 0 saturated carbocycles. The molecule has 0 aromatic carbocycles. The molecule has 1 heterocycles. The number of nitrogens with two attached hydrogens (primary N) is 1. The smallest absolute Gasteiger partial charge is 0.248 e. The van der Waals surface area contributed by atoms with Gasteiger partial charge in [-0.25, -0.2) is 0 Å². The van der Waals surface area contributed by atoms with Gasteiger partial charge in [0.15, 0.2) is 0 Å². The van der Waals surface area contributed by atoms with Crippen molar-refractivity contribution in [3.8, 4) is 0 Å². The van der Waals surface area contributed by atoms with Crippen LogP contribution in [0.25, 0.3) is 0 Å². The molecule has 0 unspecified atom stereocenters. The van der Waals surface area contributed by atoms with E-state index < -0.39 is 0 Å². The van der Waals surface area contributed by atoms with Gasteiger partial charge in [0.2, 0.25) is 5.91 Å². The molecule has 0 spiro atoms. The molecule has 4 heteroatoms. The molecule has 1 amide bonds. The number of amides is 1. The predicted molar refractivity (Wildman–Crippen MR) is 54.9 cm³/mol. The van der Waals surface area contributed by atoms with Gasteiger partial charge in [0.05, 0.1) is 6.10 Å². The molecule has 1 aliphatic heterocycles. The normalized spacial score (nSPS) is 19.0. The lowest BCUT2D eigenvalue weighted by Gasteiger charge is -2.30. The van der Waals surface area contributed by atoms with Gasteiger partial charge in [-0.05, 0) is 26.7 Å². The Hall–Kier alpha value is -0.610. The van der Waals surface area contributed by atoms with Crippen molar-refractivity contribution in [3.63, 3.8) is 0 Å². The van der Waals surface area contributed by atoms with E-state index in [1.165, 1.54) is 0 Å². The zero-order chi connectivity index (χ0) is 10.6. The first-order valence-corrected chi connectivity index (χ1v) is 5.24. The van der Waals surface area contributed by atoms with Gasteiger partial charge >= 0.3 is 0 Å². The minimum atomic E-state index is 0.0885. The van der Waals surface area contributed by atoms with Crippen LogP contribution in [0, 0.1) is 0 Å². The lowest BCUT2D eigenvalue weighted by Crippen LogP contribution is -2.44. The fourth-order valence-electron chi connectivity index (χ4n) is 1.48. The number of piperidine rings is 1. The van der Waals surface area contributed by atoms with E-state index in [4.69, 9.17) is 10.5 Å². The van der Waals surface area contributed by atoms with Crippen LogP contribution in [0.15, 0.2) is 0 Å². The third kappa shape index (κ3) is 3.64. The minimum absolute atomic E-state index is 0.0885. The third-order valence-corrected chi connectivity index (χ3v) is 2.43. The highest BCUT2D eigenvalue weighted by Crippen LogP contribution is 2.08. The molecule has 82 valence electrons. The van der Waals surface area contributed by atoms with E-state index in [-0.39, 0.29) is 24.7 Å². The lowest BCUT2D eigenvalue weighted by molar-refractivity contribution is -0.138. The van der Waals surface area contributed by atoms with Crippen molar-refractivity contribution in [3.05, 3.63) is 0 Å². The summed E-state index contributed by atoms with van der Waals surface area (Å²) in [4.78, 5) is 13.4. The average molecular weight is 200 g/mol. The maximum absolute atomic E-state index is 11.6. The van der Waals surface area contributed by atoms with E-state index in [1.807, 2.05) is 18.7 Å². The van der Waals surface area contributed by atoms with Crippen LogP contribution >= 0.6 is 0 Å². The van der Waals surface area contributed by atoms with Crippen LogP contribution in [0.2, 0.25) is 0 Å². The maximum atomic E-state index is 11.6. The van der Waals surface area contributed by atoms with E-state index in [9.17, 15) is 4.79 Å². The van der Waals surface area contributed by atoms with Crippen molar-refractivity contribution in [2.45, 2.75) is 38.8 Å². The van der Waals surface area contributed by atoms with Crippen molar-refractivity contribution < 1.29 is 9.53 Å². The van der Waals surface area contributed by atoms with Crippen LogP contribution in [0.4, 0.5) is 0 Å². The summed E-state index contributed by atoms with van der Waals surface area (Å²) in [5.74, 6) is 0.0885. The summed E-state index contributed by atoms with van der Waals surface area (Å²) in [6.07, 6.45) is 1.94. The van der Waals surface area contributed by atoms with Gasteiger partial charge in [-0.1, -0.05) is 0 Å². The molecule has 1 saturated heterocycles. The zero-order valence-electron chi connectivity index (χ0n) is 9.03. The molecular weight excluding hydrogens is 180 g/mol. The molecular formula is C10H20N2O2. The Morgan fingerprint density at radius 1 is 1.50 bits per heavy atom. The maximum Gasteiger partial charge on any atom is 0.248 e. The molecule has 0 bridgehead atoms. The van der Waals surface area contributed by atoms with Gasteiger partial charge < -0.3 is 15.4 Å². The first-order valence-electron chi connectivity index (χ1n) is 5.24. The Balaban J connectivity index is 2.24. The standard InChI is InChI=1S/C10H20N2O2/c1-8(2)14-7-10(13)12-5-3-9(11)4-6-12/h8-9H,3-7,11H2,1-2H3. The van der Waals surface area contributed by atoms with E-state index in [2.05, 4.69) is 0 Å². The molecule has 1 fully saturated rings. The van der Waals surface area contributed by atoms with Gasteiger partial charge in [0.1, 0.15) is 6.61 Å². The molecule has 2 N–H and O–H groups in total. The Bertz CT molecular complexity index is 187. The van der Waals surface area contributed by atoms with Crippen molar-refractivity contribution in [2.75, 3.05) is 19.7 Å². The average Bonchev–Trinajstić information content (AvgIpc) is 2.15. The van der Waals surface area contributed by atoms with Crippen LogP contribution in [0.1, 0.15) is 26.7 Å². The van der Waals surface area contributed by atoms with Crippen LogP contribution in [0.5, 0.6) is 0 Å². The Morgan fingerprint density at radius 3 is 2.57 bits per heavy atom. The van der Waals surface area contributed by atoms with Crippen molar-refractivity contribution in [1.29, 1.82) is 0 Å². The second-order valence-corrected chi connectivity index (χ2v) is 4.08. The number of likely N-dealkylation sites (tertiary alicyclic amines) is 1. The van der Waals surface area contributed by atoms with Crippen molar-refractivity contribution in [1.82, 2.24) is 4.90 Å². The summed E-state index contributed by atoms with van der Waals surface area (Å²) in [6.45, 7) is 5.62. The van der Waals surface area contributed by atoms with Gasteiger partial charge in [-0.2, -0.15) is 0 Å². The number of hydrogen-bond acceptors (Lipinski definition) is 3. The van der Waals surface area contributed by atoms with Gasteiger partial charge in [0.25, 0.3) is 0 Å². The third-order valence-electron chi connectivity index (χ3n) is 2.43. The minimum Gasteiger partial charge on any atom is -0.369 e. The highest BCUT2D eigenvalue weighted by Gasteiger charge is 2.20. The highest BCUT2D eigenvalue weighted by molar-refractivity contribution is 5.77. The molecule has 0 radical (unpaired) electrons. The van der Waals surface area contributed by atoms with Crippen LogP contribution in [-0.2, 0) is 9.53 Å². The second kappa shape index (κ2) is 5.32. The number of nitrogens with zero attached hydrogens (tertiary/aromatic N) is 1. The summed E-state index contributed by atoms with van der Waals surface area (Å²) >= 11 is 0. The number of rotatable bonds is 3. The van der Waals surface area contributed by atoms with E-state index >= 15 is 0 Å². The Morgan fingerprint density at radius 2 is 2.07 bits per heavy atom. The fourth-order valence-corrected chi connectivity index (χ4v) is 1.48. The van der Waals surface area contributed by atoms with Gasteiger partial charge in [-0.15, -0.1) is 0 Å². The van der Waals surface area contributed by atoms with E-state index in [0.29, 0.717) is 0 Å². The molecule has 0 aromatic rings. The molecule has 1 rings (SSSR count). The first-order chi connectivity index (χ1) is 6.59. The summed E-state index contributed by atoms with van der Waals surface area (Å²) in [5, 5.41) is 0. The molecule has 0 aliphatic carbocycles. The first kappa shape index (κ1) is 11.5. The summed E-state index contributed by atoms with van der Waals surface area (Å²) in [6, 6.07) is 0.269. The summed E-state index contributed by atoms with van der Waals surface area (Å²) in [7, 11) is 0. The SMILES string of the molecule is CC(C)OCC(=O)N1CCC(N)CC1. The number of carbonyl (C=O) groups excluding carboxylic acids is 1. The number of ether oxygens (including phenoxy) is 1. The van der Waals surface area contributed by atoms with Crippen molar-refractivity contribution in [2.24, 2.45) is 5.73 Å². The second-order valence-electron chi connectivity index (χ2n) is 4.08. The molecule has 0 atom stereocenters. The van der Waals surface area contributed by atoms with E-state index in [1.54, 1.807) is 0 Å². The lowest BCUT2D eigenvalue weighted by atomic mass is 10.1. The zero-order valence-corrected chi connectivity index (χ0v) is 9.03. The largest absolute Gasteiger partial charge is 0.369 e. The Labute approximate surface area is 85.4 Å². The molecule has 1 aliphatic rings. The number of carbonyl (C=O) groups is 1. The predicted octanol–water partition coefficient (Wildman–Crippen LogP) is 0.361. The molecule has 0 aromatic heterocycles. The topological polar surface area (TPSA) is 55.6 Å². The van der Waals surface area contributed by atoms with Gasteiger partial charge in [0, 0.05) is 19.1 Å². The fraction of sp³-hybridized carbons (Fsp3) is 0.900. The summed E-state index contributed by atoms with van der Waals surface area (Å²) in [5.41, 5.74) is 5.75. The number of hydrogen-bond donors (Lipinski definition) is 1. The van der Waals surface area contributed by atoms with Crippen LogP contribution in [-0.4, -0.2) is 42.6 Å². The molecule has 14 heavy (non-hydrogen) atoms. The molecule has 4 nitrogen and oxygen atoms in total. The van der Waals surface area contributed by atoms with Crippen LogP contribution in [0.3, 0.4) is 0 Å². The van der Waals surface area contributed by atoms with Crippen molar-refractivity contribution >= 4 is 5.91 Å². The Kier molecular flexibility index (Phi) is 4.35. The highest BCUT2D eigenvalue weighted by atomic mass is 16.5. The monoisotopic (exact) mass is 200 g/mol. The van der Waals surface area contributed by atoms with Crippen LogP contribution < -0.4 is 5.73 Å². The van der Waals surface area contributed by atoms with E-state index in [0.717, 1.165) is 25.9 Å². The van der Waals surface area contributed by atoms with Gasteiger partial charge in [-0.3, -0.25) is 4.79 Å². The summed E-state index contributed by atoms with van der Waals surface area (Å²) < 4.78 is 5.26.